The highest BCUT2D eigenvalue weighted by Gasteiger charge is 2.18. The van der Waals surface area contributed by atoms with Crippen molar-refractivity contribution < 1.29 is 14.3 Å². The lowest BCUT2D eigenvalue weighted by Gasteiger charge is -2.22. The van der Waals surface area contributed by atoms with Crippen LogP contribution in [0.1, 0.15) is 48.4 Å². The summed E-state index contributed by atoms with van der Waals surface area (Å²) >= 11 is 1.58. The maximum absolute atomic E-state index is 12.5. The minimum Gasteiger partial charge on any atom is -0.493 e. The average molecular weight is 412 g/mol. The van der Waals surface area contributed by atoms with Gasteiger partial charge in [-0.15, -0.1) is 11.3 Å². The highest BCUT2D eigenvalue weighted by Crippen LogP contribution is 2.30. The van der Waals surface area contributed by atoms with Gasteiger partial charge in [0.2, 0.25) is 0 Å². The maximum atomic E-state index is 12.5. The average Bonchev–Trinajstić information content (AvgIpc) is 3.16. The Morgan fingerprint density at radius 2 is 2.14 bits per heavy atom. The van der Waals surface area contributed by atoms with Crippen molar-refractivity contribution in [1.29, 1.82) is 5.26 Å². The van der Waals surface area contributed by atoms with Crippen LogP contribution in [0.25, 0.3) is 6.08 Å². The van der Waals surface area contributed by atoms with Gasteiger partial charge in [0.25, 0.3) is 5.91 Å². The van der Waals surface area contributed by atoms with E-state index in [1.807, 2.05) is 18.4 Å². The van der Waals surface area contributed by atoms with Gasteiger partial charge in [0.1, 0.15) is 18.2 Å². The molecule has 0 atom stereocenters. The number of hydrogen-bond acceptors (Lipinski definition) is 6. The number of rotatable bonds is 7. The van der Waals surface area contributed by atoms with Gasteiger partial charge < -0.3 is 14.8 Å². The van der Waals surface area contributed by atoms with Crippen molar-refractivity contribution in [2.75, 3.05) is 7.11 Å². The van der Waals surface area contributed by atoms with Gasteiger partial charge in [-0.2, -0.15) is 5.26 Å². The lowest BCUT2D eigenvalue weighted by atomic mass is 9.95. The summed E-state index contributed by atoms with van der Waals surface area (Å²) in [6.45, 7) is 2.30. The molecule has 0 unspecified atom stereocenters. The SMILES string of the molecule is COc1cc(/C=C(\C#N)C(=O)NC2CCCCC2)ccc1OCc1csc(C)n1. The second-order valence-electron chi connectivity index (χ2n) is 7.04. The van der Waals surface area contributed by atoms with E-state index in [-0.39, 0.29) is 17.5 Å². The molecule has 29 heavy (non-hydrogen) atoms. The fourth-order valence-corrected chi connectivity index (χ4v) is 3.94. The first kappa shape index (κ1) is 20.9. The van der Waals surface area contributed by atoms with Crippen molar-refractivity contribution in [2.45, 2.75) is 51.7 Å². The van der Waals surface area contributed by atoms with E-state index >= 15 is 0 Å². The van der Waals surface area contributed by atoms with E-state index in [4.69, 9.17) is 9.47 Å². The van der Waals surface area contributed by atoms with Crippen molar-refractivity contribution >= 4 is 23.3 Å². The fraction of sp³-hybridized carbons (Fsp3) is 0.409. The Morgan fingerprint density at radius 1 is 1.34 bits per heavy atom. The summed E-state index contributed by atoms with van der Waals surface area (Å²) in [5, 5.41) is 15.4. The van der Waals surface area contributed by atoms with Crippen LogP contribution in [0.5, 0.6) is 11.5 Å². The van der Waals surface area contributed by atoms with Gasteiger partial charge in [-0.1, -0.05) is 25.3 Å². The Hall–Kier alpha value is -2.85. The van der Waals surface area contributed by atoms with E-state index in [9.17, 15) is 10.1 Å². The number of benzene rings is 1. The molecule has 2 aromatic rings. The first-order valence-electron chi connectivity index (χ1n) is 9.73. The predicted octanol–water partition coefficient (Wildman–Crippen LogP) is 4.40. The van der Waals surface area contributed by atoms with Gasteiger partial charge in [-0.3, -0.25) is 4.79 Å². The molecule has 152 valence electrons. The van der Waals surface area contributed by atoms with Crippen LogP contribution < -0.4 is 14.8 Å². The van der Waals surface area contributed by atoms with Crippen molar-refractivity contribution in [3.63, 3.8) is 0 Å². The van der Waals surface area contributed by atoms with Gasteiger partial charge in [0.15, 0.2) is 11.5 Å². The number of nitrogens with zero attached hydrogens (tertiary/aromatic N) is 2. The number of aryl methyl sites for hydroxylation is 1. The van der Waals surface area contributed by atoms with E-state index in [0.29, 0.717) is 23.7 Å². The molecule has 1 N–H and O–H groups in total. The summed E-state index contributed by atoms with van der Waals surface area (Å²) in [7, 11) is 1.56. The highest BCUT2D eigenvalue weighted by molar-refractivity contribution is 7.09. The molecule has 1 fully saturated rings. The number of aromatic nitrogens is 1. The Balaban J connectivity index is 1.69. The number of thiazole rings is 1. The summed E-state index contributed by atoms with van der Waals surface area (Å²) in [6, 6.07) is 7.50. The molecule has 1 aliphatic rings. The van der Waals surface area contributed by atoms with Crippen LogP contribution in [-0.4, -0.2) is 24.0 Å². The summed E-state index contributed by atoms with van der Waals surface area (Å²) < 4.78 is 11.2. The van der Waals surface area contributed by atoms with E-state index in [2.05, 4.69) is 10.3 Å². The molecule has 1 aliphatic carbocycles. The first-order chi connectivity index (χ1) is 14.1. The monoisotopic (exact) mass is 411 g/mol. The van der Waals surface area contributed by atoms with E-state index in [1.165, 1.54) is 6.42 Å². The topological polar surface area (TPSA) is 84.2 Å². The molecule has 1 heterocycles. The minimum atomic E-state index is -0.322. The molecular weight excluding hydrogens is 386 g/mol. The molecular formula is C22H25N3O3S. The molecule has 6 nitrogen and oxygen atoms in total. The molecule has 0 saturated heterocycles. The van der Waals surface area contributed by atoms with Gasteiger partial charge in [-0.05, 0) is 43.5 Å². The van der Waals surface area contributed by atoms with Crippen molar-refractivity contribution in [2.24, 2.45) is 0 Å². The number of nitrogens with one attached hydrogen (secondary N) is 1. The Morgan fingerprint density at radius 3 is 2.79 bits per heavy atom. The third-order valence-corrected chi connectivity index (χ3v) is 5.67. The maximum Gasteiger partial charge on any atom is 0.262 e. The van der Waals surface area contributed by atoms with E-state index in [0.717, 1.165) is 36.4 Å². The number of carbonyl (C=O) groups excluding carboxylic acids is 1. The van der Waals surface area contributed by atoms with Crippen molar-refractivity contribution in [3.05, 3.63) is 45.4 Å². The lowest BCUT2D eigenvalue weighted by Crippen LogP contribution is -2.36. The van der Waals surface area contributed by atoms with Gasteiger partial charge in [-0.25, -0.2) is 4.98 Å². The Kier molecular flexibility index (Phi) is 7.25. The van der Waals surface area contributed by atoms with Crippen LogP contribution in [0, 0.1) is 18.3 Å². The van der Waals surface area contributed by atoms with E-state index in [1.54, 1.807) is 42.7 Å². The summed E-state index contributed by atoms with van der Waals surface area (Å²) in [6.07, 6.45) is 6.98. The van der Waals surface area contributed by atoms with Crippen LogP contribution in [-0.2, 0) is 11.4 Å². The number of ether oxygens (including phenoxy) is 2. The summed E-state index contributed by atoms with van der Waals surface area (Å²) in [4.78, 5) is 16.8. The number of hydrogen-bond donors (Lipinski definition) is 1. The molecule has 3 rings (SSSR count). The molecule has 0 radical (unpaired) electrons. The minimum absolute atomic E-state index is 0.0873. The fourth-order valence-electron chi connectivity index (χ4n) is 3.34. The smallest absolute Gasteiger partial charge is 0.262 e. The van der Waals surface area contributed by atoms with Gasteiger partial charge in [0.05, 0.1) is 17.8 Å². The zero-order valence-electron chi connectivity index (χ0n) is 16.7. The number of amides is 1. The number of methoxy groups -OCH3 is 1. The summed E-state index contributed by atoms with van der Waals surface area (Å²) in [5.41, 5.74) is 1.66. The second kappa shape index (κ2) is 10.1. The van der Waals surface area contributed by atoms with Crippen molar-refractivity contribution in [1.82, 2.24) is 10.3 Å². The molecule has 1 saturated carbocycles. The quantitative estimate of drug-likeness (QED) is 0.539. The first-order valence-corrected chi connectivity index (χ1v) is 10.6. The molecule has 7 heteroatoms. The van der Waals surface area contributed by atoms with Gasteiger partial charge >= 0.3 is 0 Å². The molecule has 1 amide bonds. The van der Waals surface area contributed by atoms with Crippen LogP contribution in [0.2, 0.25) is 0 Å². The Labute approximate surface area is 175 Å². The van der Waals surface area contributed by atoms with Crippen molar-refractivity contribution in [3.8, 4) is 17.6 Å². The normalized spacial score (nSPS) is 14.9. The van der Waals surface area contributed by atoms with Gasteiger partial charge in [0, 0.05) is 11.4 Å². The standard InChI is InChI=1S/C22H25N3O3S/c1-15-24-19(14-29-15)13-28-20-9-8-16(11-21(20)27-2)10-17(12-23)22(26)25-18-6-4-3-5-7-18/h8-11,14,18H,3-7,13H2,1-2H3,(H,25,26)/b17-10+. The number of carbonyl (C=O) groups is 1. The van der Waals surface area contributed by atoms with Crippen LogP contribution in [0.15, 0.2) is 29.2 Å². The Bertz CT molecular complexity index is 924. The largest absolute Gasteiger partial charge is 0.493 e. The molecule has 1 aromatic carbocycles. The molecule has 0 bridgehead atoms. The van der Waals surface area contributed by atoms with Crippen LogP contribution in [0.4, 0.5) is 0 Å². The lowest BCUT2D eigenvalue weighted by molar-refractivity contribution is -0.117. The molecule has 0 spiro atoms. The third kappa shape index (κ3) is 5.81. The second-order valence-corrected chi connectivity index (χ2v) is 8.10. The number of nitriles is 1. The molecule has 0 aliphatic heterocycles. The van der Waals surface area contributed by atoms with E-state index < -0.39 is 0 Å². The van der Waals surface area contributed by atoms with Crippen LogP contribution in [0.3, 0.4) is 0 Å². The molecule has 1 aromatic heterocycles. The van der Waals surface area contributed by atoms with Crippen LogP contribution >= 0.6 is 11.3 Å². The zero-order chi connectivity index (χ0) is 20.6. The highest BCUT2D eigenvalue weighted by atomic mass is 32.1. The zero-order valence-corrected chi connectivity index (χ0v) is 17.6. The summed E-state index contributed by atoms with van der Waals surface area (Å²) in [5.74, 6) is 0.800. The predicted molar refractivity (Wildman–Crippen MR) is 113 cm³/mol. The third-order valence-electron chi connectivity index (χ3n) is 4.85.